The van der Waals surface area contributed by atoms with Crippen LogP contribution in [0.15, 0.2) is 53.3 Å². The van der Waals surface area contributed by atoms with Gasteiger partial charge in [0.2, 0.25) is 5.91 Å². The van der Waals surface area contributed by atoms with Gasteiger partial charge < -0.3 is 20.4 Å². The van der Waals surface area contributed by atoms with E-state index in [2.05, 4.69) is 16.0 Å². The van der Waals surface area contributed by atoms with Gasteiger partial charge in [-0.2, -0.15) is 0 Å². The van der Waals surface area contributed by atoms with E-state index < -0.39 is 6.04 Å². The average Bonchev–Trinajstić information content (AvgIpc) is 3.07. The van der Waals surface area contributed by atoms with Crippen LogP contribution in [-0.4, -0.2) is 30.9 Å². The third-order valence-corrected chi connectivity index (χ3v) is 3.05. The standard InChI is InChI=1S/C16H19N3O3/c1-12(19-16(21)13-7-10-22-11-13)15(20)18-9-8-17-14-5-3-2-4-6-14/h2-7,10-12,17H,8-9H2,1H3,(H,18,20)(H,19,21). The first-order valence-corrected chi connectivity index (χ1v) is 7.06. The molecule has 6 heteroatoms. The van der Waals surface area contributed by atoms with Gasteiger partial charge in [-0.05, 0) is 25.1 Å². The summed E-state index contributed by atoms with van der Waals surface area (Å²) >= 11 is 0. The zero-order chi connectivity index (χ0) is 15.8. The number of anilines is 1. The number of carbonyl (C=O) groups is 2. The van der Waals surface area contributed by atoms with E-state index in [0.29, 0.717) is 18.7 Å². The van der Waals surface area contributed by atoms with Crippen LogP contribution in [-0.2, 0) is 4.79 Å². The third-order valence-electron chi connectivity index (χ3n) is 3.05. The molecule has 1 aromatic carbocycles. The fourth-order valence-electron chi connectivity index (χ4n) is 1.84. The van der Waals surface area contributed by atoms with Crippen molar-refractivity contribution in [1.82, 2.24) is 10.6 Å². The highest BCUT2D eigenvalue weighted by Crippen LogP contribution is 2.03. The average molecular weight is 301 g/mol. The van der Waals surface area contributed by atoms with Crippen molar-refractivity contribution >= 4 is 17.5 Å². The largest absolute Gasteiger partial charge is 0.472 e. The quantitative estimate of drug-likeness (QED) is 0.679. The molecule has 6 nitrogen and oxygen atoms in total. The Morgan fingerprint density at radius 3 is 2.59 bits per heavy atom. The molecular weight excluding hydrogens is 282 g/mol. The lowest BCUT2D eigenvalue weighted by molar-refractivity contribution is -0.122. The lowest BCUT2D eigenvalue weighted by Crippen LogP contribution is -2.45. The van der Waals surface area contributed by atoms with Gasteiger partial charge in [0.05, 0.1) is 11.8 Å². The van der Waals surface area contributed by atoms with Crippen molar-refractivity contribution in [3.8, 4) is 0 Å². The van der Waals surface area contributed by atoms with Crippen LogP contribution in [0, 0.1) is 0 Å². The zero-order valence-corrected chi connectivity index (χ0v) is 12.3. The second kappa shape index (κ2) is 7.87. The predicted molar refractivity (Wildman–Crippen MR) is 83.6 cm³/mol. The van der Waals surface area contributed by atoms with Gasteiger partial charge in [0, 0.05) is 18.8 Å². The van der Waals surface area contributed by atoms with Crippen LogP contribution in [0.5, 0.6) is 0 Å². The molecule has 0 radical (unpaired) electrons. The zero-order valence-electron chi connectivity index (χ0n) is 12.3. The number of hydrogen-bond acceptors (Lipinski definition) is 4. The molecule has 0 aliphatic carbocycles. The summed E-state index contributed by atoms with van der Waals surface area (Å²) in [5.41, 5.74) is 1.39. The Kier molecular flexibility index (Phi) is 5.59. The maximum Gasteiger partial charge on any atom is 0.255 e. The van der Waals surface area contributed by atoms with E-state index >= 15 is 0 Å². The molecule has 0 spiro atoms. The van der Waals surface area contributed by atoms with E-state index in [1.54, 1.807) is 13.0 Å². The highest BCUT2D eigenvalue weighted by Gasteiger charge is 2.16. The van der Waals surface area contributed by atoms with Gasteiger partial charge in [0.15, 0.2) is 0 Å². The molecule has 1 aromatic heterocycles. The molecule has 2 rings (SSSR count). The topological polar surface area (TPSA) is 83.4 Å². The summed E-state index contributed by atoms with van der Waals surface area (Å²) in [4.78, 5) is 23.7. The monoisotopic (exact) mass is 301 g/mol. The molecule has 2 amide bonds. The first kappa shape index (κ1) is 15.6. The van der Waals surface area contributed by atoms with Crippen molar-refractivity contribution in [3.63, 3.8) is 0 Å². The molecule has 0 fully saturated rings. The summed E-state index contributed by atoms with van der Waals surface area (Å²) in [5, 5.41) is 8.56. The summed E-state index contributed by atoms with van der Waals surface area (Å²) in [6.45, 7) is 2.72. The molecule has 0 saturated carbocycles. The Balaban J connectivity index is 1.67. The second-order valence-electron chi connectivity index (χ2n) is 4.79. The fraction of sp³-hybridized carbons (Fsp3) is 0.250. The van der Waals surface area contributed by atoms with Gasteiger partial charge in [-0.3, -0.25) is 9.59 Å². The molecule has 0 bridgehead atoms. The van der Waals surface area contributed by atoms with E-state index in [-0.39, 0.29) is 11.8 Å². The highest BCUT2D eigenvalue weighted by atomic mass is 16.3. The van der Waals surface area contributed by atoms with Crippen molar-refractivity contribution in [2.24, 2.45) is 0 Å². The van der Waals surface area contributed by atoms with Crippen molar-refractivity contribution in [1.29, 1.82) is 0 Å². The molecule has 1 heterocycles. The minimum absolute atomic E-state index is 0.230. The van der Waals surface area contributed by atoms with E-state index in [1.165, 1.54) is 12.5 Å². The van der Waals surface area contributed by atoms with Crippen LogP contribution in [0.3, 0.4) is 0 Å². The molecule has 0 saturated heterocycles. The Hall–Kier alpha value is -2.76. The molecule has 0 aliphatic rings. The lowest BCUT2D eigenvalue weighted by atomic mass is 10.2. The second-order valence-corrected chi connectivity index (χ2v) is 4.79. The first-order valence-electron chi connectivity index (χ1n) is 7.06. The number of furan rings is 1. The number of hydrogen-bond donors (Lipinski definition) is 3. The van der Waals surface area contributed by atoms with E-state index in [4.69, 9.17) is 4.42 Å². The first-order chi connectivity index (χ1) is 10.7. The molecule has 2 aromatic rings. The van der Waals surface area contributed by atoms with Crippen LogP contribution in [0.4, 0.5) is 5.69 Å². The van der Waals surface area contributed by atoms with Gasteiger partial charge in [-0.25, -0.2) is 0 Å². The van der Waals surface area contributed by atoms with Crippen LogP contribution < -0.4 is 16.0 Å². The van der Waals surface area contributed by atoms with E-state index in [1.807, 2.05) is 30.3 Å². The van der Waals surface area contributed by atoms with Gasteiger partial charge in [0.25, 0.3) is 5.91 Å². The Morgan fingerprint density at radius 2 is 1.91 bits per heavy atom. The highest BCUT2D eigenvalue weighted by molar-refractivity contribution is 5.97. The van der Waals surface area contributed by atoms with Crippen LogP contribution in [0.25, 0.3) is 0 Å². The van der Waals surface area contributed by atoms with E-state index in [9.17, 15) is 9.59 Å². The number of benzene rings is 1. The van der Waals surface area contributed by atoms with E-state index in [0.717, 1.165) is 5.69 Å². The van der Waals surface area contributed by atoms with Crippen LogP contribution in [0.1, 0.15) is 17.3 Å². The maximum atomic E-state index is 11.9. The number of amides is 2. The van der Waals surface area contributed by atoms with Crippen LogP contribution >= 0.6 is 0 Å². The summed E-state index contributed by atoms with van der Waals surface area (Å²) in [6, 6.07) is 10.7. The summed E-state index contributed by atoms with van der Waals surface area (Å²) in [6.07, 6.45) is 2.75. The predicted octanol–water partition coefficient (Wildman–Crippen LogP) is 1.63. The molecule has 22 heavy (non-hydrogen) atoms. The van der Waals surface area contributed by atoms with Gasteiger partial charge >= 0.3 is 0 Å². The number of para-hydroxylation sites is 1. The number of carbonyl (C=O) groups excluding carboxylic acids is 2. The Morgan fingerprint density at radius 1 is 1.14 bits per heavy atom. The van der Waals surface area contributed by atoms with Crippen molar-refractivity contribution < 1.29 is 14.0 Å². The minimum Gasteiger partial charge on any atom is -0.472 e. The number of nitrogens with one attached hydrogen (secondary N) is 3. The van der Waals surface area contributed by atoms with Gasteiger partial charge in [-0.15, -0.1) is 0 Å². The SMILES string of the molecule is CC(NC(=O)c1ccoc1)C(=O)NCCNc1ccccc1. The maximum absolute atomic E-state index is 11.9. The normalized spacial score (nSPS) is 11.5. The number of rotatable bonds is 7. The van der Waals surface area contributed by atoms with Crippen molar-refractivity contribution in [2.75, 3.05) is 18.4 Å². The molecule has 3 N–H and O–H groups in total. The fourth-order valence-corrected chi connectivity index (χ4v) is 1.84. The molecule has 1 unspecified atom stereocenters. The summed E-state index contributed by atoms with van der Waals surface area (Å²) in [7, 11) is 0. The van der Waals surface area contributed by atoms with Gasteiger partial charge in [0.1, 0.15) is 12.3 Å². The molecule has 1 atom stereocenters. The Bertz CT molecular complexity index is 596. The smallest absolute Gasteiger partial charge is 0.255 e. The minimum atomic E-state index is -0.612. The lowest BCUT2D eigenvalue weighted by Gasteiger charge is -2.14. The summed E-state index contributed by atoms with van der Waals surface area (Å²) in [5.74, 6) is -0.564. The van der Waals surface area contributed by atoms with Crippen molar-refractivity contribution in [3.05, 3.63) is 54.5 Å². The van der Waals surface area contributed by atoms with Crippen molar-refractivity contribution in [2.45, 2.75) is 13.0 Å². The summed E-state index contributed by atoms with van der Waals surface area (Å²) < 4.78 is 4.83. The van der Waals surface area contributed by atoms with Gasteiger partial charge in [-0.1, -0.05) is 18.2 Å². The van der Waals surface area contributed by atoms with Crippen LogP contribution in [0.2, 0.25) is 0 Å². The Labute approximate surface area is 128 Å². The molecule has 116 valence electrons. The molecular formula is C16H19N3O3. The third kappa shape index (κ3) is 4.66. The molecule has 0 aliphatic heterocycles.